The third-order valence-corrected chi connectivity index (χ3v) is 1.81. The second-order valence-electron chi connectivity index (χ2n) is 3.23. The lowest BCUT2D eigenvalue weighted by molar-refractivity contribution is 0.0981. The summed E-state index contributed by atoms with van der Waals surface area (Å²) in [6, 6.07) is 3.01. The summed E-state index contributed by atoms with van der Waals surface area (Å²) in [6.07, 6.45) is 0. The molecule has 0 amide bonds. The van der Waals surface area contributed by atoms with Crippen molar-refractivity contribution in [3.63, 3.8) is 0 Å². The molecule has 3 N–H and O–H groups in total. The van der Waals surface area contributed by atoms with Crippen LogP contribution in [0.15, 0.2) is 18.2 Å². The molecule has 4 nitrogen and oxygen atoms in total. The molecule has 0 aliphatic carbocycles. The number of phenols is 2. The maximum absolute atomic E-state index is 12.1. The number of benzene rings is 1. The van der Waals surface area contributed by atoms with Crippen LogP contribution in [0.5, 0.6) is 11.5 Å². The van der Waals surface area contributed by atoms with Gasteiger partial charge in [-0.3, -0.25) is 4.79 Å². The Morgan fingerprint density at radius 3 is 2.62 bits per heavy atom. The molecular weight excluding hydrogens is 206 g/mol. The molecule has 0 atom stereocenters. The van der Waals surface area contributed by atoms with E-state index in [-0.39, 0.29) is 5.56 Å². The summed E-state index contributed by atoms with van der Waals surface area (Å²) in [5, 5.41) is 20.5. The van der Waals surface area contributed by atoms with Gasteiger partial charge in [-0.05, 0) is 38.8 Å². The van der Waals surface area contributed by atoms with E-state index in [0.29, 0.717) is 0 Å². The lowest BCUT2D eigenvalue weighted by Gasteiger charge is -2.19. The van der Waals surface area contributed by atoms with Crippen molar-refractivity contribution >= 4 is 5.78 Å². The first-order chi connectivity index (χ1) is 11.0. The van der Waals surface area contributed by atoms with Gasteiger partial charge in [-0.1, -0.05) is 0 Å². The lowest BCUT2D eigenvalue weighted by Crippen LogP contribution is -2.39. The Kier molecular flexibility index (Phi) is 1.35. The van der Waals surface area contributed by atoms with Crippen LogP contribution in [0.1, 0.15) is 43.3 Å². The van der Waals surface area contributed by atoms with Crippen molar-refractivity contribution in [2.45, 2.75) is 26.1 Å². The summed E-state index contributed by atoms with van der Waals surface area (Å²) in [4.78, 5) is 12.1. The average molecular weight is 232 g/mol. The lowest BCUT2D eigenvalue weighted by atomic mass is 10.1. The maximum Gasteiger partial charge on any atom is 0.176 e. The molecule has 4 heteroatoms. The molecule has 0 saturated heterocycles. The van der Waals surface area contributed by atoms with Gasteiger partial charge in [0, 0.05) is 23.4 Å². The largest absolute Gasteiger partial charge is 0.504 e. The predicted octanol–water partition coefficient (Wildman–Crippen LogP) is 1.67. The molecule has 0 aliphatic heterocycles. The van der Waals surface area contributed by atoms with Crippen molar-refractivity contribution in [2.75, 3.05) is 6.54 Å². The molecule has 0 unspecified atom stereocenters. The van der Waals surface area contributed by atoms with Gasteiger partial charge in [0.1, 0.15) is 0 Å². The molecule has 0 aromatic heterocycles. The van der Waals surface area contributed by atoms with Crippen LogP contribution < -0.4 is 5.32 Å². The average Bonchev–Trinajstić information content (AvgIpc) is 2.37. The second kappa shape index (κ2) is 4.53. The zero-order valence-corrected chi connectivity index (χ0v) is 8.24. The number of phenolic OH excluding ortho intramolecular Hbond substituents is 2. The molecule has 16 heavy (non-hydrogen) atoms. The highest BCUT2D eigenvalue weighted by atomic mass is 16.3. The van der Waals surface area contributed by atoms with Crippen molar-refractivity contribution < 1.29 is 27.3 Å². The molecule has 0 heterocycles. The fraction of sp³-hybridized carbons (Fsp3) is 0.417. The summed E-state index contributed by atoms with van der Waals surface area (Å²) < 4.78 is 66.8. The first-order valence-corrected chi connectivity index (χ1v) is 4.35. The van der Waals surface area contributed by atoms with Gasteiger partial charge in [0.2, 0.25) is 0 Å². The van der Waals surface area contributed by atoms with Crippen LogP contribution in [-0.2, 0) is 0 Å². The number of carbonyl (C=O) groups is 1. The number of hydrogen-bond donors (Lipinski definition) is 3. The zero-order valence-electron chi connectivity index (χ0n) is 17.2. The topological polar surface area (TPSA) is 69.6 Å². The van der Waals surface area contributed by atoms with Gasteiger partial charge in [0.15, 0.2) is 17.3 Å². The molecule has 0 radical (unpaired) electrons. The van der Waals surface area contributed by atoms with Crippen molar-refractivity contribution in [1.82, 2.24) is 5.32 Å². The molecule has 1 rings (SSSR count). The van der Waals surface area contributed by atoms with E-state index in [1.165, 1.54) is 0 Å². The van der Waals surface area contributed by atoms with Gasteiger partial charge in [-0.2, -0.15) is 0 Å². The highest BCUT2D eigenvalue weighted by Gasteiger charge is 2.13. The van der Waals surface area contributed by atoms with Crippen molar-refractivity contribution in [2.24, 2.45) is 0 Å². The molecule has 0 fully saturated rings. The summed E-state index contributed by atoms with van der Waals surface area (Å²) in [7, 11) is 0. The number of carbonyl (C=O) groups excluding carboxylic acids is 1. The van der Waals surface area contributed by atoms with Crippen molar-refractivity contribution in [1.29, 1.82) is 0 Å². The minimum absolute atomic E-state index is 0.168. The van der Waals surface area contributed by atoms with Crippen LogP contribution in [-0.4, -0.2) is 28.1 Å². The van der Waals surface area contributed by atoms with Crippen LogP contribution in [0.4, 0.5) is 0 Å². The molecule has 0 aliphatic rings. The van der Waals surface area contributed by atoms with E-state index in [2.05, 4.69) is 0 Å². The summed E-state index contributed by atoms with van der Waals surface area (Å²) in [5.74, 6) is -1.97. The molecule has 0 bridgehead atoms. The summed E-state index contributed by atoms with van der Waals surface area (Å²) in [6.45, 7) is -11.3. The zero-order chi connectivity index (χ0) is 19.8. The highest BCUT2D eigenvalue weighted by Crippen LogP contribution is 2.24. The maximum atomic E-state index is 12.1. The first kappa shape index (κ1) is 4.75. The van der Waals surface area contributed by atoms with Crippen LogP contribution in [0.2, 0.25) is 0 Å². The number of rotatable bonds is 3. The van der Waals surface area contributed by atoms with E-state index in [1.807, 2.05) is 5.32 Å². The number of aromatic hydroxyl groups is 2. The van der Waals surface area contributed by atoms with Crippen molar-refractivity contribution in [3.8, 4) is 11.5 Å². The monoisotopic (exact) mass is 232 g/mol. The Morgan fingerprint density at radius 1 is 1.38 bits per heavy atom. The van der Waals surface area contributed by atoms with Gasteiger partial charge >= 0.3 is 0 Å². The number of nitrogens with one attached hydrogen (secondary N) is 1. The Hall–Kier alpha value is -1.55. The Morgan fingerprint density at radius 2 is 2.06 bits per heavy atom. The number of Topliss-reactive ketones (excluding diaryl/α,β-unsaturated/α-hetero) is 1. The molecule has 1 aromatic carbocycles. The standard InChI is InChI=1S/C12H17NO3/c1-12(2,3)13-7-11(16)8-4-5-9(14)10(15)6-8/h4-6,13-15H,7H2,1-3H3/i1D3,2D3,3D3. The second-order valence-corrected chi connectivity index (χ2v) is 3.23. The normalized spacial score (nSPS) is 22.1. The van der Waals surface area contributed by atoms with Gasteiger partial charge < -0.3 is 15.5 Å². The molecule has 88 valence electrons. The minimum atomic E-state index is -3.47. The van der Waals surface area contributed by atoms with E-state index in [4.69, 9.17) is 12.3 Å². The Balaban J connectivity index is 3.23. The van der Waals surface area contributed by atoms with Gasteiger partial charge in [-0.25, -0.2) is 0 Å². The fourth-order valence-corrected chi connectivity index (χ4v) is 1.01. The third kappa shape index (κ3) is 3.55. The SMILES string of the molecule is [2H]C([2H])([2H])C(NCC(=O)c1ccc(O)c(O)c1)(C([2H])([2H])[2H])C([2H])([2H])[2H]. The number of ketones is 1. The van der Waals surface area contributed by atoms with E-state index in [0.717, 1.165) is 18.2 Å². The van der Waals surface area contributed by atoms with E-state index < -0.39 is 49.9 Å². The van der Waals surface area contributed by atoms with E-state index >= 15 is 0 Å². The van der Waals surface area contributed by atoms with Crippen LogP contribution in [0.25, 0.3) is 0 Å². The van der Waals surface area contributed by atoms with Crippen LogP contribution >= 0.6 is 0 Å². The first-order valence-electron chi connectivity index (χ1n) is 8.85. The molecule has 0 spiro atoms. The quantitative estimate of drug-likeness (QED) is 0.547. The van der Waals surface area contributed by atoms with Gasteiger partial charge in [-0.15, -0.1) is 0 Å². The smallest absolute Gasteiger partial charge is 0.176 e. The Labute approximate surface area is 108 Å². The molecular formula is C12H17NO3. The third-order valence-electron chi connectivity index (χ3n) is 1.81. The molecule has 0 saturated carbocycles. The van der Waals surface area contributed by atoms with Gasteiger partial charge in [0.05, 0.1) is 6.54 Å². The number of hydrogen-bond acceptors (Lipinski definition) is 4. The fourth-order valence-electron chi connectivity index (χ4n) is 1.01. The minimum Gasteiger partial charge on any atom is -0.504 e. The Bertz CT molecular complexity index is 613. The van der Waals surface area contributed by atoms with Crippen molar-refractivity contribution in [3.05, 3.63) is 23.8 Å². The summed E-state index contributed by atoms with van der Waals surface area (Å²) >= 11 is 0. The van der Waals surface area contributed by atoms with Gasteiger partial charge in [0.25, 0.3) is 0 Å². The van der Waals surface area contributed by atoms with E-state index in [9.17, 15) is 15.0 Å². The summed E-state index contributed by atoms with van der Waals surface area (Å²) in [5.41, 5.74) is -3.49. The highest BCUT2D eigenvalue weighted by molar-refractivity contribution is 5.98. The van der Waals surface area contributed by atoms with E-state index in [1.54, 1.807) is 0 Å². The van der Waals surface area contributed by atoms with Crippen LogP contribution in [0.3, 0.4) is 0 Å². The van der Waals surface area contributed by atoms with Crippen LogP contribution in [0, 0.1) is 0 Å². The predicted molar refractivity (Wildman–Crippen MR) is 61.9 cm³/mol. The molecule has 1 aromatic rings.